The highest BCUT2D eigenvalue weighted by Gasteiger charge is 2.45. The third-order valence-corrected chi connectivity index (χ3v) is 4.81. The molecule has 0 fully saturated rings. The first-order valence-electron chi connectivity index (χ1n) is 6.67. The van der Waals surface area contributed by atoms with Gasteiger partial charge in [0.25, 0.3) is 0 Å². The molecule has 0 aromatic heterocycles. The Morgan fingerprint density at radius 1 is 1.00 bits per heavy atom. The van der Waals surface area contributed by atoms with Crippen molar-refractivity contribution < 1.29 is 5.11 Å². The van der Waals surface area contributed by atoms with Gasteiger partial charge in [0.15, 0.2) is 0 Å². The molecule has 4 heteroatoms. The summed E-state index contributed by atoms with van der Waals surface area (Å²) in [6, 6.07) is 15.3. The van der Waals surface area contributed by atoms with Gasteiger partial charge >= 0.3 is 0 Å². The van der Waals surface area contributed by atoms with E-state index in [-0.39, 0.29) is 0 Å². The first kappa shape index (κ1) is 14.4. The van der Waals surface area contributed by atoms with Crippen LogP contribution in [0.3, 0.4) is 0 Å². The van der Waals surface area contributed by atoms with Gasteiger partial charge in [-0.15, -0.1) is 0 Å². The Bertz CT molecular complexity index is 691. The predicted molar refractivity (Wildman–Crippen MR) is 83.3 cm³/mol. The molecule has 0 spiro atoms. The smallest absolute Gasteiger partial charge is 0.101 e. The van der Waals surface area contributed by atoms with Gasteiger partial charge in [-0.1, -0.05) is 53.5 Å². The summed E-state index contributed by atoms with van der Waals surface area (Å²) in [5, 5.41) is 21.3. The second-order valence-corrected chi connectivity index (χ2v) is 6.24. The molecule has 0 radical (unpaired) electrons. The maximum absolute atomic E-state index is 10.8. The number of hydrogen-bond donors (Lipinski definition) is 1. The molecule has 0 saturated carbocycles. The fourth-order valence-corrected chi connectivity index (χ4v) is 3.63. The molecule has 0 bridgehead atoms. The molecule has 0 aliphatic heterocycles. The van der Waals surface area contributed by atoms with Crippen LogP contribution < -0.4 is 0 Å². The van der Waals surface area contributed by atoms with Crippen LogP contribution in [0.1, 0.15) is 22.8 Å². The topological polar surface area (TPSA) is 44.0 Å². The third-order valence-electron chi connectivity index (χ3n) is 4.15. The average Bonchev–Trinajstić information content (AvgIpc) is 2.87. The standard InChI is InChI=1S/C17H13Cl2NO/c18-13-6-3-7-14(19)15(13)16(21)17(10-20)8-11-4-1-2-5-12(11)9-17/h1-7,16,21H,8-9H2. The van der Waals surface area contributed by atoms with Crippen LogP contribution >= 0.6 is 23.2 Å². The Morgan fingerprint density at radius 2 is 1.52 bits per heavy atom. The summed E-state index contributed by atoms with van der Waals surface area (Å²) in [6.45, 7) is 0. The molecule has 2 nitrogen and oxygen atoms in total. The fraction of sp³-hybridized carbons (Fsp3) is 0.235. The van der Waals surface area contributed by atoms with Crippen LogP contribution in [0.15, 0.2) is 42.5 Å². The second kappa shape index (κ2) is 5.35. The average molecular weight is 318 g/mol. The highest BCUT2D eigenvalue weighted by molar-refractivity contribution is 6.36. The van der Waals surface area contributed by atoms with Crippen LogP contribution in [0.4, 0.5) is 0 Å². The Balaban J connectivity index is 2.05. The summed E-state index contributed by atoms with van der Waals surface area (Å²) in [7, 11) is 0. The van der Waals surface area contributed by atoms with Crippen LogP contribution in [0, 0.1) is 16.7 Å². The number of benzene rings is 2. The molecule has 106 valence electrons. The van der Waals surface area contributed by atoms with Crippen molar-refractivity contribution in [3.8, 4) is 6.07 Å². The van der Waals surface area contributed by atoms with E-state index < -0.39 is 11.5 Å². The van der Waals surface area contributed by atoms with Crippen molar-refractivity contribution in [3.63, 3.8) is 0 Å². The highest BCUT2D eigenvalue weighted by Crippen LogP contribution is 2.48. The molecule has 1 unspecified atom stereocenters. The first-order valence-corrected chi connectivity index (χ1v) is 7.43. The van der Waals surface area contributed by atoms with E-state index in [1.165, 1.54) is 0 Å². The van der Waals surface area contributed by atoms with Gasteiger partial charge in [0.1, 0.15) is 6.10 Å². The normalized spacial score (nSPS) is 17.0. The van der Waals surface area contributed by atoms with Gasteiger partial charge in [-0.3, -0.25) is 0 Å². The SMILES string of the molecule is N#CC1(C(O)c2c(Cl)cccc2Cl)Cc2ccccc2C1. The van der Waals surface area contributed by atoms with E-state index in [1.54, 1.807) is 18.2 Å². The van der Waals surface area contributed by atoms with E-state index in [2.05, 4.69) is 6.07 Å². The first-order chi connectivity index (χ1) is 10.1. The summed E-state index contributed by atoms with van der Waals surface area (Å²) >= 11 is 12.4. The molecule has 3 rings (SSSR count). The lowest BCUT2D eigenvalue weighted by Gasteiger charge is -2.28. The van der Waals surface area contributed by atoms with Crippen LogP contribution in [-0.4, -0.2) is 5.11 Å². The lowest BCUT2D eigenvalue weighted by atomic mass is 9.77. The highest BCUT2D eigenvalue weighted by atomic mass is 35.5. The predicted octanol–water partition coefficient (Wildman–Crippen LogP) is 4.34. The van der Waals surface area contributed by atoms with E-state index in [0.717, 1.165) is 11.1 Å². The van der Waals surface area contributed by atoms with E-state index in [1.807, 2.05) is 24.3 Å². The zero-order valence-electron chi connectivity index (χ0n) is 11.2. The minimum atomic E-state index is -1.02. The summed E-state index contributed by atoms with van der Waals surface area (Å²) in [5.41, 5.74) is 1.72. The zero-order chi connectivity index (χ0) is 15.0. The number of rotatable bonds is 2. The molecule has 1 N–H and O–H groups in total. The van der Waals surface area contributed by atoms with Gasteiger partial charge in [-0.05, 0) is 36.1 Å². The van der Waals surface area contributed by atoms with E-state index >= 15 is 0 Å². The fourth-order valence-electron chi connectivity index (χ4n) is 3.03. The Morgan fingerprint density at radius 3 is 2.00 bits per heavy atom. The van der Waals surface area contributed by atoms with Gasteiger partial charge in [-0.25, -0.2) is 0 Å². The number of nitriles is 1. The van der Waals surface area contributed by atoms with Crippen molar-refractivity contribution in [2.75, 3.05) is 0 Å². The van der Waals surface area contributed by atoms with Gasteiger partial charge in [0, 0.05) is 15.6 Å². The number of fused-ring (bicyclic) bond motifs is 1. The summed E-state index contributed by atoms with van der Waals surface area (Å²) in [4.78, 5) is 0. The number of halogens is 2. The zero-order valence-corrected chi connectivity index (χ0v) is 12.7. The second-order valence-electron chi connectivity index (χ2n) is 5.43. The third kappa shape index (κ3) is 2.32. The largest absolute Gasteiger partial charge is 0.387 e. The van der Waals surface area contributed by atoms with Gasteiger partial charge in [0.05, 0.1) is 11.5 Å². The molecule has 0 saturated heterocycles. The van der Waals surface area contributed by atoms with Crippen molar-refractivity contribution in [1.82, 2.24) is 0 Å². The Hall–Kier alpha value is -1.53. The molecule has 1 aliphatic rings. The van der Waals surface area contributed by atoms with E-state index in [4.69, 9.17) is 23.2 Å². The minimum absolute atomic E-state index is 0.389. The molecule has 2 aromatic rings. The number of nitrogens with zero attached hydrogens (tertiary/aromatic N) is 1. The molecule has 1 aliphatic carbocycles. The van der Waals surface area contributed by atoms with Crippen LogP contribution in [-0.2, 0) is 12.8 Å². The van der Waals surface area contributed by atoms with Gasteiger partial charge in [0.2, 0.25) is 0 Å². The molecular formula is C17H13Cl2NO. The lowest BCUT2D eigenvalue weighted by molar-refractivity contribution is 0.0695. The monoisotopic (exact) mass is 317 g/mol. The Labute approximate surface area is 133 Å². The molecular weight excluding hydrogens is 305 g/mol. The van der Waals surface area contributed by atoms with Crippen LogP contribution in [0.5, 0.6) is 0 Å². The molecule has 1 atom stereocenters. The summed E-state index contributed by atoms with van der Waals surface area (Å²) in [5.74, 6) is 0. The Kier molecular flexibility index (Phi) is 3.67. The van der Waals surface area contributed by atoms with Crippen molar-refractivity contribution in [2.24, 2.45) is 5.41 Å². The molecule has 21 heavy (non-hydrogen) atoms. The maximum atomic E-state index is 10.8. The molecule has 0 amide bonds. The van der Waals surface area contributed by atoms with Crippen molar-refractivity contribution in [2.45, 2.75) is 18.9 Å². The minimum Gasteiger partial charge on any atom is -0.387 e. The lowest BCUT2D eigenvalue weighted by Crippen LogP contribution is -2.28. The van der Waals surface area contributed by atoms with E-state index in [0.29, 0.717) is 28.5 Å². The van der Waals surface area contributed by atoms with Crippen LogP contribution in [0.25, 0.3) is 0 Å². The number of aliphatic hydroxyl groups excluding tert-OH is 1. The van der Waals surface area contributed by atoms with Gasteiger partial charge < -0.3 is 5.11 Å². The van der Waals surface area contributed by atoms with E-state index in [9.17, 15) is 10.4 Å². The van der Waals surface area contributed by atoms with Gasteiger partial charge in [-0.2, -0.15) is 5.26 Å². The summed E-state index contributed by atoms with van der Waals surface area (Å²) in [6.07, 6.45) is -0.0128. The van der Waals surface area contributed by atoms with Crippen molar-refractivity contribution in [3.05, 3.63) is 69.2 Å². The van der Waals surface area contributed by atoms with Crippen LogP contribution in [0.2, 0.25) is 10.0 Å². The summed E-state index contributed by atoms with van der Waals surface area (Å²) < 4.78 is 0. The number of hydrogen-bond acceptors (Lipinski definition) is 2. The van der Waals surface area contributed by atoms with Crippen molar-refractivity contribution in [1.29, 1.82) is 5.26 Å². The number of aliphatic hydroxyl groups is 1. The maximum Gasteiger partial charge on any atom is 0.101 e. The molecule has 2 aromatic carbocycles. The van der Waals surface area contributed by atoms with Crippen molar-refractivity contribution >= 4 is 23.2 Å². The molecule has 0 heterocycles. The quantitative estimate of drug-likeness (QED) is 0.895.